The minimum absolute atomic E-state index is 0.0255. The van der Waals surface area contributed by atoms with E-state index in [-0.39, 0.29) is 12.5 Å². The Kier molecular flexibility index (Phi) is 6.25. The molecule has 3 N–H and O–H groups in total. The molecule has 2 atom stereocenters. The molecule has 0 aliphatic rings. The van der Waals surface area contributed by atoms with Crippen LogP contribution in [-0.2, 0) is 4.79 Å². The molecule has 4 nitrogen and oxygen atoms in total. The summed E-state index contributed by atoms with van der Waals surface area (Å²) in [5.74, 6) is -0.860. The van der Waals surface area contributed by atoms with Gasteiger partial charge in [0.15, 0.2) is 0 Å². The van der Waals surface area contributed by atoms with Crippen LogP contribution in [0.1, 0.15) is 30.1 Å². The third-order valence-electron chi connectivity index (χ3n) is 2.99. The SMILES string of the molecule is C=CCNC(CCC(=O)O)C(O)c1ccc(C)cc1. The van der Waals surface area contributed by atoms with E-state index in [9.17, 15) is 9.90 Å². The number of aliphatic carboxylic acids is 1. The Bertz CT molecular complexity index is 414. The summed E-state index contributed by atoms with van der Waals surface area (Å²) in [7, 11) is 0. The van der Waals surface area contributed by atoms with Crippen molar-refractivity contribution in [2.24, 2.45) is 0 Å². The molecule has 0 aromatic heterocycles. The number of aryl methyl sites for hydroxylation is 1. The molecule has 0 amide bonds. The molecule has 1 aromatic carbocycles. The molecule has 0 radical (unpaired) electrons. The van der Waals surface area contributed by atoms with Gasteiger partial charge in [0, 0.05) is 19.0 Å². The van der Waals surface area contributed by atoms with Gasteiger partial charge in [-0.3, -0.25) is 4.79 Å². The molecular formula is C15H21NO3. The summed E-state index contributed by atoms with van der Waals surface area (Å²) in [5.41, 5.74) is 1.91. The summed E-state index contributed by atoms with van der Waals surface area (Å²) in [6, 6.07) is 7.30. The zero-order valence-electron chi connectivity index (χ0n) is 11.2. The van der Waals surface area contributed by atoms with Crippen LogP contribution in [0.3, 0.4) is 0 Å². The number of aliphatic hydroxyl groups is 1. The number of carboxylic acids is 1. The highest BCUT2D eigenvalue weighted by atomic mass is 16.4. The molecular weight excluding hydrogens is 242 g/mol. The summed E-state index contributed by atoms with van der Waals surface area (Å²) >= 11 is 0. The monoisotopic (exact) mass is 263 g/mol. The first-order chi connectivity index (χ1) is 9.04. The standard InChI is InChI=1S/C15H21NO3/c1-3-10-16-13(8-9-14(17)18)15(19)12-6-4-11(2)5-7-12/h3-7,13,15-16,19H,1,8-10H2,2H3,(H,17,18). The number of nitrogens with one attached hydrogen (secondary N) is 1. The van der Waals surface area contributed by atoms with E-state index in [1.54, 1.807) is 6.08 Å². The van der Waals surface area contributed by atoms with Crippen LogP contribution < -0.4 is 5.32 Å². The van der Waals surface area contributed by atoms with Crippen molar-refractivity contribution in [1.29, 1.82) is 0 Å². The average Bonchev–Trinajstić information content (AvgIpc) is 2.39. The molecule has 0 saturated carbocycles. The maximum absolute atomic E-state index is 10.7. The molecule has 0 spiro atoms. The van der Waals surface area contributed by atoms with Crippen LogP contribution in [-0.4, -0.2) is 28.8 Å². The lowest BCUT2D eigenvalue weighted by molar-refractivity contribution is -0.137. The highest BCUT2D eigenvalue weighted by Gasteiger charge is 2.20. The van der Waals surface area contributed by atoms with Gasteiger partial charge in [-0.2, -0.15) is 0 Å². The Hall–Kier alpha value is -1.65. The van der Waals surface area contributed by atoms with Crippen molar-refractivity contribution in [2.75, 3.05) is 6.54 Å². The number of carbonyl (C=O) groups is 1. The first-order valence-corrected chi connectivity index (χ1v) is 6.35. The van der Waals surface area contributed by atoms with Crippen LogP contribution in [0.4, 0.5) is 0 Å². The number of hydrogen-bond donors (Lipinski definition) is 3. The van der Waals surface area contributed by atoms with Gasteiger partial charge in [0.25, 0.3) is 0 Å². The predicted molar refractivity (Wildman–Crippen MR) is 75.0 cm³/mol. The van der Waals surface area contributed by atoms with Crippen molar-refractivity contribution < 1.29 is 15.0 Å². The fourth-order valence-corrected chi connectivity index (χ4v) is 1.88. The van der Waals surface area contributed by atoms with Gasteiger partial charge in [-0.25, -0.2) is 0 Å². The van der Waals surface area contributed by atoms with Crippen LogP contribution in [0.2, 0.25) is 0 Å². The lowest BCUT2D eigenvalue weighted by Crippen LogP contribution is -2.35. The minimum Gasteiger partial charge on any atom is -0.481 e. The molecule has 0 aliphatic heterocycles. The van der Waals surface area contributed by atoms with E-state index < -0.39 is 12.1 Å². The molecule has 104 valence electrons. The van der Waals surface area contributed by atoms with Gasteiger partial charge in [-0.1, -0.05) is 35.9 Å². The third-order valence-corrected chi connectivity index (χ3v) is 2.99. The maximum atomic E-state index is 10.7. The van der Waals surface area contributed by atoms with Crippen molar-refractivity contribution in [1.82, 2.24) is 5.32 Å². The van der Waals surface area contributed by atoms with E-state index in [0.717, 1.165) is 11.1 Å². The highest BCUT2D eigenvalue weighted by molar-refractivity contribution is 5.66. The van der Waals surface area contributed by atoms with Gasteiger partial charge in [-0.05, 0) is 18.9 Å². The molecule has 2 unspecified atom stereocenters. The van der Waals surface area contributed by atoms with E-state index in [1.807, 2.05) is 31.2 Å². The van der Waals surface area contributed by atoms with Gasteiger partial charge in [0.05, 0.1) is 6.10 Å². The largest absolute Gasteiger partial charge is 0.481 e. The second kappa shape index (κ2) is 7.71. The Morgan fingerprint density at radius 3 is 2.58 bits per heavy atom. The molecule has 4 heteroatoms. The number of hydrogen-bond acceptors (Lipinski definition) is 3. The summed E-state index contributed by atoms with van der Waals surface area (Å²) in [5, 5.41) is 22.2. The van der Waals surface area contributed by atoms with Crippen LogP contribution >= 0.6 is 0 Å². The minimum atomic E-state index is -0.860. The van der Waals surface area contributed by atoms with Crippen molar-refractivity contribution in [3.8, 4) is 0 Å². The molecule has 0 fully saturated rings. The summed E-state index contributed by atoms with van der Waals surface area (Å²) in [6.45, 7) is 6.13. The number of aliphatic hydroxyl groups excluding tert-OH is 1. The van der Waals surface area contributed by atoms with Crippen LogP contribution in [0, 0.1) is 6.92 Å². The fourth-order valence-electron chi connectivity index (χ4n) is 1.88. The summed E-state index contributed by atoms with van der Waals surface area (Å²) in [6.07, 6.45) is 1.37. The Balaban J connectivity index is 2.73. The van der Waals surface area contributed by atoms with Crippen LogP contribution in [0.5, 0.6) is 0 Å². The highest BCUT2D eigenvalue weighted by Crippen LogP contribution is 2.20. The molecule has 0 heterocycles. The zero-order chi connectivity index (χ0) is 14.3. The summed E-state index contributed by atoms with van der Waals surface area (Å²) < 4.78 is 0. The van der Waals surface area contributed by atoms with Gasteiger partial charge >= 0.3 is 5.97 Å². The van der Waals surface area contributed by atoms with Gasteiger partial charge in [0.1, 0.15) is 0 Å². The molecule has 1 aromatic rings. The fraction of sp³-hybridized carbons (Fsp3) is 0.400. The van der Waals surface area contributed by atoms with Crippen molar-refractivity contribution >= 4 is 5.97 Å². The zero-order valence-corrected chi connectivity index (χ0v) is 11.2. The lowest BCUT2D eigenvalue weighted by atomic mass is 9.97. The van der Waals surface area contributed by atoms with E-state index in [2.05, 4.69) is 11.9 Å². The second-order valence-corrected chi connectivity index (χ2v) is 4.59. The molecule has 19 heavy (non-hydrogen) atoms. The maximum Gasteiger partial charge on any atom is 0.303 e. The normalized spacial score (nSPS) is 13.8. The Labute approximate surface area is 113 Å². The van der Waals surface area contributed by atoms with Crippen molar-refractivity contribution in [3.63, 3.8) is 0 Å². The van der Waals surface area contributed by atoms with Gasteiger partial charge < -0.3 is 15.5 Å². The summed E-state index contributed by atoms with van der Waals surface area (Å²) in [4.78, 5) is 10.7. The van der Waals surface area contributed by atoms with Gasteiger partial charge in [-0.15, -0.1) is 6.58 Å². The average molecular weight is 263 g/mol. The smallest absolute Gasteiger partial charge is 0.303 e. The van der Waals surface area contributed by atoms with E-state index >= 15 is 0 Å². The predicted octanol–water partition coefficient (Wildman–Crippen LogP) is 2.04. The number of benzene rings is 1. The quantitative estimate of drug-likeness (QED) is 0.628. The second-order valence-electron chi connectivity index (χ2n) is 4.59. The molecule has 0 aliphatic carbocycles. The van der Waals surface area contributed by atoms with Gasteiger partial charge in [0.2, 0.25) is 0 Å². The lowest BCUT2D eigenvalue weighted by Gasteiger charge is -2.23. The number of rotatable bonds is 8. The Morgan fingerprint density at radius 2 is 2.05 bits per heavy atom. The van der Waals surface area contributed by atoms with Crippen LogP contribution in [0.15, 0.2) is 36.9 Å². The van der Waals surface area contributed by atoms with E-state index in [1.165, 1.54) is 0 Å². The van der Waals surface area contributed by atoms with Crippen LogP contribution in [0.25, 0.3) is 0 Å². The Morgan fingerprint density at radius 1 is 1.42 bits per heavy atom. The third kappa shape index (κ3) is 5.24. The molecule has 1 rings (SSSR count). The van der Waals surface area contributed by atoms with E-state index in [0.29, 0.717) is 13.0 Å². The first kappa shape index (κ1) is 15.4. The molecule has 0 saturated heterocycles. The number of carboxylic acid groups (broad SMARTS) is 1. The molecule has 0 bridgehead atoms. The van der Waals surface area contributed by atoms with Crippen molar-refractivity contribution in [2.45, 2.75) is 31.9 Å². The first-order valence-electron chi connectivity index (χ1n) is 6.35. The van der Waals surface area contributed by atoms with Crippen molar-refractivity contribution in [3.05, 3.63) is 48.0 Å². The van der Waals surface area contributed by atoms with E-state index in [4.69, 9.17) is 5.11 Å². The topological polar surface area (TPSA) is 69.6 Å².